The van der Waals surface area contributed by atoms with Crippen LogP contribution in [0.15, 0.2) is 12.1 Å². The maximum atomic E-state index is 11.5. The van der Waals surface area contributed by atoms with Gasteiger partial charge in [0.05, 0.1) is 24.3 Å². The van der Waals surface area contributed by atoms with Gasteiger partial charge in [-0.05, 0) is 46.7 Å². The van der Waals surface area contributed by atoms with E-state index in [1.165, 1.54) is 7.11 Å². The first-order valence-corrected chi connectivity index (χ1v) is 5.53. The Morgan fingerprint density at radius 1 is 1.60 bits per heavy atom. The third-order valence-electron chi connectivity index (χ3n) is 2.13. The molecule has 0 unspecified atom stereocenters. The highest BCUT2D eigenvalue weighted by Gasteiger charge is 2.17. The lowest BCUT2D eigenvalue weighted by Crippen LogP contribution is -2.09. The molecule has 0 radical (unpaired) electrons. The van der Waals surface area contributed by atoms with Gasteiger partial charge in [0, 0.05) is 3.57 Å². The molecular weight excluding hydrogens is 305 g/mol. The number of rotatable bonds is 2. The second-order valence-electron chi connectivity index (χ2n) is 2.91. The summed E-state index contributed by atoms with van der Waals surface area (Å²) in [5, 5.41) is 8.91. The monoisotopic (exact) mass is 315 g/mol. The topological polar surface area (TPSA) is 50.1 Å². The smallest absolute Gasteiger partial charge is 0.339 e. The molecule has 0 heterocycles. The zero-order chi connectivity index (χ0) is 11.4. The molecule has 0 aliphatic heterocycles. The molecule has 0 aliphatic rings. The van der Waals surface area contributed by atoms with E-state index in [4.69, 9.17) is 10.00 Å². The average Bonchev–Trinajstić information content (AvgIpc) is 2.27. The highest BCUT2D eigenvalue weighted by molar-refractivity contribution is 14.1. The molecule has 3 nitrogen and oxygen atoms in total. The molecule has 0 spiro atoms. The summed E-state index contributed by atoms with van der Waals surface area (Å²) in [6.45, 7) is 1.92. The number of methoxy groups -OCH3 is 1. The average molecular weight is 315 g/mol. The Kier molecular flexibility index (Phi) is 4.09. The molecule has 15 heavy (non-hydrogen) atoms. The Bertz CT molecular complexity index is 435. The van der Waals surface area contributed by atoms with Crippen LogP contribution in [0.25, 0.3) is 0 Å². The van der Waals surface area contributed by atoms with Crippen LogP contribution >= 0.6 is 22.6 Å². The number of carbonyl (C=O) groups excluding carboxylic acids is 1. The predicted octanol–water partition coefficient (Wildman–Crippen LogP) is 2.51. The van der Waals surface area contributed by atoms with Crippen molar-refractivity contribution >= 4 is 28.6 Å². The van der Waals surface area contributed by atoms with Crippen molar-refractivity contribution in [2.24, 2.45) is 0 Å². The van der Waals surface area contributed by atoms with Crippen molar-refractivity contribution in [1.29, 1.82) is 5.26 Å². The zero-order valence-corrected chi connectivity index (χ0v) is 10.7. The molecule has 4 heteroatoms. The van der Waals surface area contributed by atoms with Crippen LogP contribution in [0.5, 0.6) is 0 Å². The van der Waals surface area contributed by atoms with Crippen LogP contribution in [-0.2, 0) is 11.2 Å². The number of nitrogens with zero attached hydrogens (tertiary/aromatic N) is 1. The van der Waals surface area contributed by atoms with E-state index in [9.17, 15) is 4.79 Å². The van der Waals surface area contributed by atoms with E-state index < -0.39 is 0 Å². The Morgan fingerprint density at radius 2 is 2.27 bits per heavy atom. The molecule has 78 valence electrons. The second-order valence-corrected chi connectivity index (χ2v) is 4.07. The maximum Gasteiger partial charge on any atom is 0.339 e. The summed E-state index contributed by atoms with van der Waals surface area (Å²) in [6, 6.07) is 5.57. The minimum atomic E-state index is -0.381. The first-order chi connectivity index (χ1) is 7.15. The molecule has 0 amide bonds. The highest BCUT2D eigenvalue weighted by Crippen LogP contribution is 2.22. The van der Waals surface area contributed by atoms with Crippen molar-refractivity contribution in [3.8, 4) is 6.07 Å². The van der Waals surface area contributed by atoms with Crippen molar-refractivity contribution in [1.82, 2.24) is 0 Å². The van der Waals surface area contributed by atoms with Gasteiger partial charge in [0.1, 0.15) is 0 Å². The van der Waals surface area contributed by atoms with E-state index in [0.717, 1.165) is 9.13 Å². The fourth-order valence-electron chi connectivity index (χ4n) is 1.41. The first kappa shape index (κ1) is 12.0. The molecule has 0 bridgehead atoms. The summed E-state index contributed by atoms with van der Waals surface area (Å²) in [7, 11) is 1.34. The fourth-order valence-corrected chi connectivity index (χ4v) is 2.14. The molecule has 1 aromatic carbocycles. The number of nitriles is 1. The van der Waals surface area contributed by atoms with Gasteiger partial charge in [0.15, 0.2) is 0 Å². The molecular formula is C11H10INO2. The van der Waals surface area contributed by atoms with Crippen LogP contribution in [0, 0.1) is 14.9 Å². The molecule has 0 saturated heterocycles. The Hall–Kier alpha value is -1.09. The molecule has 0 saturated carbocycles. The van der Waals surface area contributed by atoms with E-state index in [0.29, 0.717) is 17.5 Å². The third kappa shape index (κ3) is 2.29. The van der Waals surface area contributed by atoms with Crippen LogP contribution in [0.3, 0.4) is 0 Å². The van der Waals surface area contributed by atoms with Gasteiger partial charge in [-0.25, -0.2) is 4.79 Å². The van der Waals surface area contributed by atoms with Crippen LogP contribution < -0.4 is 0 Å². The maximum absolute atomic E-state index is 11.5. The van der Waals surface area contributed by atoms with E-state index in [1.54, 1.807) is 12.1 Å². The highest BCUT2D eigenvalue weighted by atomic mass is 127. The van der Waals surface area contributed by atoms with Gasteiger partial charge in [0.2, 0.25) is 0 Å². The van der Waals surface area contributed by atoms with Crippen LogP contribution in [0.1, 0.15) is 28.4 Å². The first-order valence-electron chi connectivity index (χ1n) is 4.45. The van der Waals surface area contributed by atoms with Gasteiger partial charge < -0.3 is 4.74 Å². The normalized spacial score (nSPS) is 9.47. The van der Waals surface area contributed by atoms with Crippen LogP contribution in [-0.4, -0.2) is 13.1 Å². The van der Waals surface area contributed by atoms with E-state index in [1.807, 2.05) is 6.92 Å². The summed E-state index contributed by atoms with van der Waals surface area (Å²) in [4.78, 5) is 11.5. The Labute approximate surface area is 102 Å². The standard InChI is InChI=1S/C11H10INO2/c1-3-8-7(6-13)4-5-9(12)10(8)11(14)15-2/h4-5H,3H2,1-2H3. The second kappa shape index (κ2) is 5.12. The summed E-state index contributed by atoms with van der Waals surface area (Å²) in [5.41, 5.74) is 1.81. The number of benzene rings is 1. The molecule has 0 aliphatic carbocycles. The van der Waals surface area contributed by atoms with Gasteiger partial charge in [-0.1, -0.05) is 6.92 Å². The van der Waals surface area contributed by atoms with Gasteiger partial charge in [-0.2, -0.15) is 5.26 Å². The van der Waals surface area contributed by atoms with E-state index in [2.05, 4.69) is 28.7 Å². The molecule has 1 rings (SSSR count). The Morgan fingerprint density at radius 3 is 2.73 bits per heavy atom. The molecule has 0 atom stereocenters. The molecule has 0 N–H and O–H groups in total. The summed E-state index contributed by atoms with van der Waals surface area (Å²) in [5.74, 6) is -0.381. The van der Waals surface area contributed by atoms with Crippen molar-refractivity contribution in [2.45, 2.75) is 13.3 Å². The number of hydrogen-bond donors (Lipinski definition) is 0. The number of hydrogen-bond acceptors (Lipinski definition) is 3. The molecule has 1 aromatic rings. The van der Waals surface area contributed by atoms with Crippen molar-refractivity contribution in [3.05, 3.63) is 32.4 Å². The largest absolute Gasteiger partial charge is 0.465 e. The lowest BCUT2D eigenvalue weighted by atomic mass is 9.99. The van der Waals surface area contributed by atoms with Gasteiger partial charge in [-0.3, -0.25) is 0 Å². The zero-order valence-electron chi connectivity index (χ0n) is 8.50. The lowest BCUT2D eigenvalue weighted by molar-refractivity contribution is 0.0598. The third-order valence-corrected chi connectivity index (χ3v) is 3.02. The Balaban J connectivity index is 3.47. The molecule has 0 fully saturated rings. The minimum Gasteiger partial charge on any atom is -0.465 e. The fraction of sp³-hybridized carbons (Fsp3) is 0.273. The lowest BCUT2D eigenvalue weighted by Gasteiger charge is -2.09. The molecule has 0 aromatic heterocycles. The van der Waals surface area contributed by atoms with E-state index >= 15 is 0 Å². The van der Waals surface area contributed by atoms with Crippen LogP contribution in [0.2, 0.25) is 0 Å². The summed E-state index contributed by atoms with van der Waals surface area (Å²) < 4.78 is 5.52. The number of halogens is 1. The van der Waals surface area contributed by atoms with Crippen molar-refractivity contribution < 1.29 is 9.53 Å². The minimum absolute atomic E-state index is 0.381. The SMILES string of the molecule is CCc1c(C#N)ccc(I)c1C(=O)OC. The number of esters is 1. The quantitative estimate of drug-likeness (QED) is 0.622. The van der Waals surface area contributed by atoms with Crippen molar-refractivity contribution in [2.75, 3.05) is 7.11 Å². The summed E-state index contributed by atoms with van der Waals surface area (Å²) >= 11 is 2.07. The van der Waals surface area contributed by atoms with Gasteiger partial charge in [-0.15, -0.1) is 0 Å². The number of carbonyl (C=O) groups is 1. The van der Waals surface area contributed by atoms with Gasteiger partial charge >= 0.3 is 5.97 Å². The van der Waals surface area contributed by atoms with E-state index in [-0.39, 0.29) is 5.97 Å². The summed E-state index contributed by atoms with van der Waals surface area (Å²) in [6.07, 6.45) is 0.643. The van der Waals surface area contributed by atoms with Crippen LogP contribution in [0.4, 0.5) is 0 Å². The number of ether oxygens (including phenoxy) is 1. The van der Waals surface area contributed by atoms with Gasteiger partial charge in [0.25, 0.3) is 0 Å². The van der Waals surface area contributed by atoms with Crippen molar-refractivity contribution in [3.63, 3.8) is 0 Å². The predicted molar refractivity (Wildman–Crippen MR) is 64.6 cm³/mol.